The molecule has 3 aliphatic rings. The first-order valence-electron chi connectivity index (χ1n) is 7.82. The van der Waals surface area contributed by atoms with Crippen LogP contribution in [0, 0.1) is 17.3 Å². The quantitative estimate of drug-likeness (QED) is 0.764. The molecule has 0 aromatic heterocycles. The number of carboxylic acids is 1. The van der Waals surface area contributed by atoms with Crippen molar-refractivity contribution in [2.45, 2.75) is 45.8 Å². The van der Waals surface area contributed by atoms with Crippen LogP contribution in [-0.4, -0.2) is 39.3 Å². The molecule has 2 aliphatic carbocycles. The van der Waals surface area contributed by atoms with Crippen LogP contribution in [0.15, 0.2) is 23.3 Å². The average Bonchev–Trinajstić information content (AvgIpc) is 2.63. The van der Waals surface area contributed by atoms with E-state index in [4.69, 9.17) is 5.11 Å². The van der Waals surface area contributed by atoms with Crippen molar-refractivity contribution in [3.63, 3.8) is 0 Å². The topological polar surface area (TPSA) is 77.8 Å². The van der Waals surface area contributed by atoms with Crippen LogP contribution in [0.3, 0.4) is 0 Å². The van der Waals surface area contributed by atoms with Crippen molar-refractivity contribution >= 4 is 11.9 Å². The third kappa shape index (κ3) is 2.02. The number of allylic oxidation sites excluding steroid dienone is 2. The van der Waals surface area contributed by atoms with Crippen LogP contribution in [0.2, 0.25) is 0 Å². The summed E-state index contributed by atoms with van der Waals surface area (Å²) in [5, 5.41) is 20.3. The van der Waals surface area contributed by atoms with Gasteiger partial charge in [0.1, 0.15) is 6.54 Å². The Morgan fingerprint density at radius 1 is 1.45 bits per heavy atom. The van der Waals surface area contributed by atoms with Gasteiger partial charge in [-0.1, -0.05) is 25.5 Å². The minimum atomic E-state index is -1.46. The van der Waals surface area contributed by atoms with Crippen molar-refractivity contribution in [1.29, 1.82) is 0 Å². The van der Waals surface area contributed by atoms with Gasteiger partial charge in [0.2, 0.25) is 5.91 Å². The molecule has 0 spiro atoms. The van der Waals surface area contributed by atoms with E-state index in [1.165, 1.54) is 11.6 Å². The fourth-order valence-electron chi connectivity index (χ4n) is 4.70. The first-order valence-corrected chi connectivity index (χ1v) is 7.82. The van der Waals surface area contributed by atoms with Gasteiger partial charge in [0.25, 0.3) is 0 Å². The van der Waals surface area contributed by atoms with Gasteiger partial charge < -0.3 is 10.2 Å². The van der Waals surface area contributed by atoms with E-state index in [-0.39, 0.29) is 11.3 Å². The third-order valence-electron chi connectivity index (χ3n) is 5.71. The van der Waals surface area contributed by atoms with Crippen LogP contribution in [0.5, 0.6) is 0 Å². The Morgan fingerprint density at radius 3 is 2.77 bits per heavy atom. The maximum Gasteiger partial charge on any atom is 0.323 e. The summed E-state index contributed by atoms with van der Waals surface area (Å²) in [5.74, 6) is -0.951. The zero-order chi connectivity index (χ0) is 16.3. The second-order valence-electron chi connectivity index (χ2n) is 7.44. The van der Waals surface area contributed by atoms with Gasteiger partial charge >= 0.3 is 5.97 Å². The lowest BCUT2D eigenvalue weighted by Crippen LogP contribution is -2.58. The number of fused-ring (bicyclic) bond motifs is 2. The van der Waals surface area contributed by atoms with Crippen LogP contribution in [0.4, 0.5) is 0 Å². The van der Waals surface area contributed by atoms with E-state index < -0.39 is 24.1 Å². The number of aliphatic carboxylic acids is 1. The normalized spacial score (nSPS) is 36.4. The predicted octanol–water partition coefficient (Wildman–Crippen LogP) is 1.93. The van der Waals surface area contributed by atoms with Crippen LogP contribution in [0.1, 0.15) is 40.0 Å². The summed E-state index contributed by atoms with van der Waals surface area (Å²) in [4.78, 5) is 24.4. The van der Waals surface area contributed by atoms with E-state index in [9.17, 15) is 14.7 Å². The van der Waals surface area contributed by atoms with Crippen LogP contribution in [0.25, 0.3) is 0 Å². The second kappa shape index (κ2) is 4.69. The summed E-state index contributed by atoms with van der Waals surface area (Å²) >= 11 is 0. The van der Waals surface area contributed by atoms with Gasteiger partial charge in [-0.05, 0) is 42.6 Å². The number of carboxylic acid groups (broad SMARTS) is 1. The van der Waals surface area contributed by atoms with Gasteiger partial charge in [0, 0.05) is 12.5 Å². The van der Waals surface area contributed by atoms with E-state index >= 15 is 0 Å². The maximum atomic E-state index is 12.2. The van der Waals surface area contributed by atoms with Crippen LogP contribution >= 0.6 is 0 Å². The number of amides is 1. The Labute approximate surface area is 130 Å². The van der Waals surface area contributed by atoms with Gasteiger partial charge in [-0.2, -0.15) is 0 Å². The number of aliphatic hydroxyl groups is 1. The highest BCUT2D eigenvalue weighted by Crippen LogP contribution is 2.58. The number of carbonyl (C=O) groups is 2. The molecular formula is C17H23NO4. The molecule has 0 aromatic rings. The average molecular weight is 305 g/mol. The summed E-state index contributed by atoms with van der Waals surface area (Å²) in [7, 11) is 0. The zero-order valence-corrected chi connectivity index (χ0v) is 13.3. The molecule has 0 radical (unpaired) electrons. The molecule has 3 unspecified atom stereocenters. The molecule has 0 saturated heterocycles. The van der Waals surface area contributed by atoms with Gasteiger partial charge in [-0.3, -0.25) is 14.5 Å². The lowest BCUT2D eigenvalue weighted by Gasteiger charge is -2.54. The van der Waals surface area contributed by atoms with Crippen molar-refractivity contribution in [3.8, 4) is 0 Å². The fraction of sp³-hybridized carbons (Fsp3) is 0.647. The summed E-state index contributed by atoms with van der Waals surface area (Å²) in [5.41, 5.74) is 0.203. The van der Waals surface area contributed by atoms with Gasteiger partial charge in [0.05, 0.1) is 0 Å². The van der Waals surface area contributed by atoms with E-state index in [0.717, 1.165) is 17.7 Å². The number of hydrogen-bond acceptors (Lipinski definition) is 3. The van der Waals surface area contributed by atoms with E-state index in [2.05, 4.69) is 26.8 Å². The molecule has 1 aliphatic heterocycles. The van der Waals surface area contributed by atoms with Gasteiger partial charge in [-0.25, -0.2) is 0 Å². The SMILES string of the molecule is CC1=CC2CC3(O)C(=CC(=O)N3CC(=O)O)C(C)(C)C2CC1. The van der Waals surface area contributed by atoms with E-state index in [0.29, 0.717) is 17.9 Å². The second-order valence-corrected chi connectivity index (χ2v) is 7.44. The van der Waals surface area contributed by atoms with Crippen molar-refractivity contribution in [2.24, 2.45) is 17.3 Å². The predicted molar refractivity (Wildman–Crippen MR) is 80.8 cm³/mol. The summed E-state index contributed by atoms with van der Waals surface area (Å²) in [6.07, 6.45) is 6.14. The number of hydrogen-bond donors (Lipinski definition) is 2. The first kappa shape index (κ1) is 15.3. The first-order chi connectivity index (χ1) is 10.2. The largest absolute Gasteiger partial charge is 0.480 e. The van der Waals surface area contributed by atoms with E-state index in [1.807, 2.05) is 0 Å². The standard InChI is InChI=1S/C17H23NO4/c1-10-4-5-12-11(6-10)8-17(22)13(16(12,2)3)7-14(19)18(17)9-15(20)21/h6-7,11-12,22H,4-5,8-9H2,1-3H3,(H,20,21). The van der Waals surface area contributed by atoms with Gasteiger partial charge in [-0.15, -0.1) is 0 Å². The highest BCUT2D eigenvalue weighted by atomic mass is 16.4. The molecule has 5 nitrogen and oxygen atoms in total. The molecule has 0 aromatic carbocycles. The number of carbonyl (C=O) groups excluding carboxylic acids is 1. The number of nitrogens with zero attached hydrogens (tertiary/aromatic N) is 1. The lowest BCUT2D eigenvalue weighted by atomic mass is 9.55. The highest BCUT2D eigenvalue weighted by Gasteiger charge is 2.59. The Balaban J connectivity index is 2.05. The molecule has 3 rings (SSSR count). The zero-order valence-electron chi connectivity index (χ0n) is 13.3. The molecule has 120 valence electrons. The van der Waals surface area contributed by atoms with Crippen molar-refractivity contribution in [3.05, 3.63) is 23.3 Å². The molecular weight excluding hydrogens is 282 g/mol. The van der Waals surface area contributed by atoms with E-state index in [1.54, 1.807) is 0 Å². The molecule has 3 atom stereocenters. The maximum absolute atomic E-state index is 12.2. The van der Waals surface area contributed by atoms with Crippen molar-refractivity contribution in [1.82, 2.24) is 4.90 Å². The summed E-state index contributed by atoms with van der Waals surface area (Å²) in [6.45, 7) is 5.75. The fourth-order valence-corrected chi connectivity index (χ4v) is 4.70. The Bertz CT molecular complexity index is 604. The molecule has 2 N–H and O–H groups in total. The molecule has 22 heavy (non-hydrogen) atoms. The summed E-state index contributed by atoms with van der Waals surface area (Å²) in [6, 6.07) is 0. The Kier molecular flexibility index (Phi) is 3.25. The smallest absolute Gasteiger partial charge is 0.323 e. The highest BCUT2D eigenvalue weighted by molar-refractivity contribution is 5.95. The molecule has 5 heteroatoms. The molecule has 1 saturated carbocycles. The summed E-state index contributed by atoms with van der Waals surface area (Å²) < 4.78 is 0. The monoisotopic (exact) mass is 305 g/mol. The van der Waals surface area contributed by atoms with Gasteiger partial charge in [0.15, 0.2) is 5.72 Å². The van der Waals surface area contributed by atoms with Crippen molar-refractivity contribution < 1.29 is 19.8 Å². The Hall–Kier alpha value is -1.62. The molecule has 1 heterocycles. The molecule has 1 fully saturated rings. The van der Waals surface area contributed by atoms with Crippen LogP contribution < -0.4 is 0 Å². The lowest BCUT2D eigenvalue weighted by molar-refractivity contribution is -0.164. The third-order valence-corrected chi connectivity index (χ3v) is 5.71. The van der Waals surface area contributed by atoms with Crippen LogP contribution in [-0.2, 0) is 9.59 Å². The minimum Gasteiger partial charge on any atom is -0.480 e. The molecule has 0 bridgehead atoms. The Morgan fingerprint density at radius 2 is 2.14 bits per heavy atom. The molecule has 1 amide bonds. The van der Waals surface area contributed by atoms with Crippen molar-refractivity contribution in [2.75, 3.05) is 6.54 Å². The number of rotatable bonds is 2. The minimum absolute atomic E-state index is 0.174.